The lowest BCUT2D eigenvalue weighted by Gasteiger charge is -2.14. The Morgan fingerprint density at radius 1 is 1.58 bits per heavy atom. The van der Waals surface area contributed by atoms with Crippen LogP contribution < -0.4 is 10.1 Å². The van der Waals surface area contributed by atoms with Crippen LogP contribution >= 0.6 is 0 Å². The number of aliphatic carboxylic acids is 1. The van der Waals surface area contributed by atoms with E-state index in [9.17, 15) is 9.59 Å². The van der Waals surface area contributed by atoms with Crippen molar-refractivity contribution in [1.29, 1.82) is 0 Å². The largest absolute Gasteiger partial charge is 0.481 e. The molecule has 1 aliphatic heterocycles. The molecule has 2 unspecified atom stereocenters. The van der Waals surface area contributed by atoms with Gasteiger partial charge in [0.05, 0.1) is 26.4 Å². The van der Waals surface area contributed by atoms with E-state index in [0.29, 0.717) is 5.88 Å². The van der Waals surface area contributed by atoms with Gasteiger partial charge in [0.1, 0.15) is 5.92 Å². The fourth-order valence-corrected chi connectivity index (χ4v) is 1.93. The molecule has 0 aromatic carbocycles. The third-order valence-electron chi connectivity index (χ3n) is 2.99. The van der Waals surface area contributed by atoms with Crippen molar-refractivity contribution < 1.29 is 24.2 Å². The Hall–Kier alpha value is -2.09. The number of carbonyl (C=O) groups excluding carboxylic acids is 1. The van der Waals surface area contributed by atoms with Crippen LogP contribution in [0.2, 0.25) is 0 Å². The minimum atomic E-state index is -0.985. The van der Waals surface area contributed by atoms with E-state index in [-0.39, 0.29) is 18.9 Å². The Morgan fingerprint density at radius 2 is 2.32 bits per heavy atom. The average Bonchev–Trinajstić information content (AvgIpc) is 2.95. The second-order valence-corrected chi connectivity index (χ2v) is 4.26. The van der Waals surface area contributed by atoms with Gasteiger partial charge in [0, 0.05) is 13.1 Å². The number of aromatic nitrogens is 2. The Labute approximate surface area is 109 Å². The molecule has 0 saturated carbocycles. The van der Waals surface area contributed by atoms with E-state index >= 15 is 0 Å². The molecular formula is C11H15N3O5. The molecule has 2 N–H and O–H groups in total. The van der Waals surface area contributed by atoms with Crippen LogP contribution in [0, 0.1) is 5.92 Å². The number of hydrogen-bond donors (Lipinski definition) is 2. The molecule has 1 aromatic heterocycles. The van der Waals surface area contributed by atoms with Gasteiger partial charge in [0.15, 0.2) is 5.69 Å². The number of nitrogens with zero attached hydrogens (tertiary/aromatic N) is 2. The maximum Gasteiger partial charge on any atom is 0.311 e. The molecule has 19 heavy (non-hydrogen) atoms. The van der Waals surface area contributed by atoms with Gasteiger partial charge >= 0.3 is 5.97 Å². The number of hydrogen-bond acceptors (Lipinski definition) is 5. The minimum absolute atomic E-state index is 0.103. The third kappa shape index (κ3) is 2.68. The van der Waals surface area contributed by atoms with E-state index in [2.05, 4.69) is 10.4 Å². The summed E-state index contributed by atoms with van der Waals surface area (Å²) in [6.07, 6.45) is 0. The number of ether oxygens (including phenoxy) is 2. The van der Waals surface area contributed by atoms with Gasteiger partial charge in [-0.2, -0.15) is 5.10 Å². The number of rotatable bonds is 4. The normalized spacial score (nSPS) is 22.2. The van der Waals surface area contributed by atoms with Crippen LogP contribution in [0.1, 0.15) is 10.5 Å². The number of methoxy groups -OCH3 is 1. The van der Waals surface area contributed by atoms with Gasteiger partial charge in [-0.15, -0.1) is 0 Å². The molecule has 2 rings (SSSR count). The second kappa shape index (κ2) is 5.27. The summed E-state index contributed by atoms with van der Waals surface area (Å²) in [5, 5.41) is 15.6. The van der Waals surface area contributed by atoms with Gasteiger partial charge in [-0.25, -0.2) is 4.68 Å². The number of carbonyl (C=O) groups is 2. The van der Waals surface area contributed by atoms with Crippen molar-refractivity contribution in [2.24, 2.45) is 13.0 Å². The fraction of sp³-hybridized carbons (Fsp3) is 0.545. The Morgan fingerprint density at radius 3 is 2.89 bits per heavy atom. The van der Waals surface area contributed by atoms with E-state index in [0.717, 1.165) is 0 Å². The molecule has 8 nitrogen and oxygen atoms in total. The molecule has 0 spiro atoms. The highest BCUT2D eigenvalue weighted by Crippen LogP contribution is 2.16. The SMILES string of the molecule is COc1cc(C(=O)NC2COCC2C(=O)O)nn1C. The minimum Gasteiger partial charge on any atom is -0.481 e. The number of aryl methyl sites for hydroxylation is 1. The van der Waals surface area contributed by atoms with Crippen molar-refractivity contribution in [3.8, 4) is 5.88 Å². The molecule has 1 aliphatic rings. The van der Waals surface area contributed by atoms with Crippen LogP contribution in [0.5, 0.6) is 5.88 Å². The highest BCUT2D eigenvalue weighted by Gasteiger charge is 2.35. The van der Waals surface area contributed by atoms with Gasteiger partial charge in [0.2, 0.25) is 5.88 Å². The molecule has 1 saturated heterocycles. The highest BCUT2D eigenvalue weighted by molar-refractivity contribution is 5.93. The summed E-state index contributed by atoms with van der Waals surface area (Å²) in [5.74, 6) is -1.71. The predicted octanol–water partition coefficient (Wildman–Crippen LogP) is -0.742. The summed E-state index contributed by atoms with van der Waals surface area (Å²) in [4.78, 5) is 22.9. The average molecular weight is 269 g/mol. The monoisotopic (exact) mass is 269 g/mol. The molecule has 0 aliphatic carbocycles. The van der Waals surface area contributed by atoms with Crippen LogP contribution in [0.3, 0.4) is 0 Å². The third-order valence-corrected chi connectivity index (χ3v) is 2.99. The van der Waals surface area contributed by atoms with Crippen molar-refractivity contribution >= 4 is 11.9 Å². The predicted molar refractivity (Wildman–Crippen MR) is 63.0 cm³/mol. The van der Waals surface area contributed by atoms with Gasteiger partial charge in [0.25, 0.3) is 5.91 Å². The lowest BCUT2D eigenvalue weighted by Crippen LogP contribution is -2.42. The molecule has 1 amide bonds. The molecule has 104 valence electrons. The van der Waals surface area contributed by atoms with Gasteiger partial charge in [-0.1, -0.05) is 0 Å². The molecule has 2 atom stereocenters. The molecular weight excluding hydrogens is 254 g/mol. The van der Waals surface area contributed by atoms with Crippen LogP contribution in [0.4, 0.5) is 0 Å². The summed E-state index contributed by atoms with van der Waals surface area (Å²) < 4.78 is 11.5. The molecule has 8 heteroatoms. The van der Waals surface area contributed by atoms with Crippen LogP contribution in [-0.2, 0) is 16.6 Å². The van der Waals surface area contributed by atoms with Gasteiger partial charge < -0.3 is 19.9 Å². The molecule has 0 bridgehead atoms. The van der Waals surface area contributed by atoms with E-state index in [1.807, 2.05) is 0 Å². The van der Waals surface area contributed by atoms with Gasteiger partial charge in [-0.05, 0) is 0 Å². The maximum absolute atomic E-state index is 12.0. The number of amides is 1. The fourth-order valence-electron chi connectivity index (χ4n) is 1.93. The summed E-state index contributed by atoms with van der Waals surface area (Å²) in [6, 6.07) is 0.944. The first-order valence-electron chi connectivity index (χ1n) is 5.72. The molecule has 0 radical (unpaired) electrons. The summed E-state index contributed by atoms with van der Waals surface area (Å²) in [6.45, 7) is 0.290. The number of carboxylic acids is 1. The molecule has 2 heterocycles. The van der Waals surface area contributed by atoms with E-state index in [1.54, 1.807) is 7.05 Å². The van der Waals surface area contributed by atoms with Crippen molar-refractivity contribution in [3.63, 3.8) is 0 Å². The molecule has 1 fully saturated rings. The van der Waals surface area contributed by atoms with Crippen molar-refractivity contribution in [2.45, 2.75) is 6.04 Å². The van der Waals surface area contributed by atoms with Crippen LogP contribution in [0.25, 0.3) is 0 Å². The van der Waals surface area contributed by atoms with Crippen molar-refractivity contribution in [2.75, 3.05) is 20.3 Å². The van der Waals surface area contributed by atoms with E-state index in [4.69, 9.17) is 14.6 Å². The zero-order valence-corrected chi connectivity index (χ0v) is 10.6. The van der Waals surface area contributed by atoms with Crippen LogP contribution in [-0.4, -0.2) is 53.1 Å². The Balaban J connectivity index is 2.06. The van der Waals surface area contributed by atoms with Crippen LogP contribution in [0.15, 0.2) is 6.07 Å². The quantitative estimate of drug-likeness (QED) is 0.746. The summed E-state index contributed by atoms with van der Waals surface area (Å²) >= 11 is 0. The first kappa shape index (κ1) is 13.3. The standard InChI is InChI=1S/C11H15N3O5/c1-14-9(18-2)3-7(13-14)10(15)12-8-5-19-4-6(8)11(16)17/h3,6,8H,4-5H2,1-2H3,(H,12,15)(H,16,17). The lowest BCUT2D eigenvalue weighted by atomic mass is 10.0. The molecule has 1 aromatic rings. The summed E-state index contributed by atoms with van der Waals surface area (Å²) in [7, 11) is 3.12. The second-order valence-electron chi connectivity index (χ2n) is 4.26. The maximum atomic E-state index is 12.0. The lowest BCUT2D eigenvalue weighted by molar-refractivity contribution is -0.142. The van der Waals surface area contributed by atoms with E-state index < -0.39 is 23.8 Å². The highest BCUT2D eigenvalue weighted by atomic mass is 16.5. The Bertz CT molecular complexity index is 499. The van der Waals surface area contributed by atoms with Crippen molar-refractivity contribution in [3.05, 3.63) is 11.8 Å². The zero-order valence-electron chi connectivity index (χ0n) is 10.6. The van der Waals surface area contributed by atoms with Crippen molar-refractivity contribution in [1.82, 2.24) is 15.1 Å². The summed E-state index contributed by atoms with van der Waals surface area (Å²) in [5.41, 5.74) is 0.176. The topological polar surface area (TPSA) is 103 Å². The zero-order chi connectivity index (χ0) is 14.0. The smallest absolute Gasteiger partial charge is 0.311 e. The van der Waals surface area contributed by atoms with E-state index in [1.165, 1.54) is 17.9 Å². The number of nitrogens with one attached hydrogen (secondary N) is 1. The Kier molecular flexibility index (Phi) is 3.70. The number of carboxylic acid groups (broad SMARTS) is 1. The first-order valence-corrected chi connectivity index (χ1v) is 5.72. The van der Waals surface area contributed by atoms with Gasteiger partial charge in [-0.3, -0.25) is 9.59 Å². The first-order chi connectivity index (χ1) is 9.02.